The van der Waals surface area contributed by atoms with Crippen LogP contribution in [0, 0.1) is 5.92 Å². The second kappa shape index (κ2) is 8.46. The maximum atomic E-state index is 10.4. The minimum absolute atomic E-state index is 0.0884. The molecular weight excluding hydrogens is 244 g/mol. The molecule has 0 amide bonds. The van der Waals surface area contributed by atoms with Gasteiger partial charge in [-0.25, -0.2) is 0 Å². The van der Waals surface area contributed by atoms with Gasteiger partial charge in [-0.05, 0) is 42.7 Å². The highest BCUT2D eigenvalue weighted by Gasteiger charge is 2.24. The molecule has 2 rings (SSSR count). The summed E-state index contributed by atoms with van der Waals surface area (Å²) in [7, 11) is 0. The van der Waals surface area contributed by atoms with Gasteiger partial charge in [0.15, 0.2) is 0 Å². The zero-order valence-electron chi connectivity index (χ0n) is 13.0. The monoisotopic (exact) mass is 274 g/mol. The normalized spacial score (nSPS) is 19.6. The molecule has 2 unspecified atom stereocenters. The minimum atomic E-state index is -0.0884. The number of hydrogen-bond donors (Lipinski definition) is 1. The molecule has 0 fully saturated rings. The molecule has 0 saturated carbocycles. The Morgan fingerprint density at radius 2 is 1.75 bits per heavy atom. The van der Waals surface area contributed by atoms with E-state index in [0.717, 1.165) is 25.7 Å². The van der Waals surface area contributed by atoms with E-state index in [9.17, 15) is 5.11 Å². The van der Waals surface area contributed by atoms with Gasteiger partial charge in [0.1, 0.15) is 0 Å². The van der Waals surface area contributed by atoms with Crippen LogP contribution in [0.15, 0.2) is 24.3 Å². The van der Waals surface area contributed by atoms with E-state index in [1.807, 2.05) is 0 Å². The Morgan fingerprint density at radius 3 is 2.55 bits per heavy atom. The molecular formula is C19H30O. The van der Waals surface area contributed by atoms with E-state index in [1.165, 1.54) is 49.7 Å². The lowest BCUT2D eigenvalue weighted by Gasteiger charge is -2.28. The Kier molecular flexibility index (Phi) is 6.59. The highest BCUT2D eigenvalue weighted by Crippen LogP contribution is 2.29. The van der Waals surface area contributed by atoms with Crippen molar-refractivity contribution in [3.8, 4) is 0 Å². The fourth-order valence-electron chi connectivity index (χ4n) is 3.42. The lowest BCUT2D eigenvalue weighted by Crippen LogP contribution is -2.26. The summed E-state index contributed by atoms with van der Waals surface area (Å²) in [5, 5.41) is 10.4. The fourth-order valence-corrected chi connectivity index (χ4v) is 3.42. The number of fused-ring (bicyclic) bond motifs is 1. The summed E-state index contributed by atoms with van der Waals surface area (Å²) in [6.07, 6.45) is 12.2. The van der Waals surface area contributed by atoms with Gasteiger partial charge in [0.25, 0.3) is 0 Å². The molecule has 0 heterocycles. The topological polar surface area (TPSA) is 20.2 Å². The van der Waals surface area contributed by atoms with Crippen molar-refractivity contribution in [2.75, 3.05) is 0 Å². The number of aliphatic hydroxyl groups is 1. The van der Waals surface area contributed by atoms with Gasteiger partial charge in [0.05, 0.1) is 6.10 Å². The van der Waals surface area contributed by atoms with E-state index in [4.69, 9.17) is 0 Å². The van der Waals surface area contributed by atoms with Crippen LogP contribution in [-0.2, 0) is 12.8 Å². The van der Waals surface area contributed by atoms with Crippen molar-refractivity contribution < 1.29 is 5.11 Å². The summed E-state index contributed by atoms with van der Waals surface area (Å²) in [5.41, 5.74) is 2.96. The van der Waals surface area contributed by atoms with Gasteiger partial charge in [-0.1, -0.05) is 69.7 Å². The third-order valence-corrected chi connectivity index (χ3v) is 4.78. The first-order valence-electron chi connectivity index (χ1n) is 8.56. The maximum absolute atomic E-state index is 10.4. The molecule has 0 aliphatic heterocycles. The van der Waals surface area contributed by atoms with Gasteiger partial charge in [-0.15, -0.1) is 0 Å². The number of rotatable bonds is 8. The van der Waals surface area contributed by atoms with Gasteiger partial charge in [0, 0.05) is 0 Å². The smallest absolute Gasteiger partial charge is 0.0571 e. The Bertz CT molecular complexity index is 385. The molecule has 112 valence electrons. The zero-order chi connectivity index (χ0) is 14.2. The van der Waals surface area contributed by atoms with Crippen LogP contribution in [-0.4, -0.2) is 11.2 Å². The van der Waals surface area contributed by atoms with Crippen LogP contribution in [0.3, 0.4) is 0 Å². The quantitative estimate of drug-likeness (QED) is 0.668. The van der Waals surface area contributed by atoms with Crippen molar-refractivity contribution in [3.63, 3.8) is 0 Å². The molecule has 1 aromatic rings. The first kappa shape index (κ1) is 15.6. The highest BCUT2D eigenvalue weighted by atomic mass is 16.3. The molecule has 1 nitrogen and oxygen atoms in total. The molecule has 1 aromatic carbocycles. The van der Waals surface area contributed by atoms with Gasteiger partial charge >= 0.3 is 0 Å². The molecule has 0 spiro atoms. The molecule has 0 saturated heterocycles. The summed E-state index contributed by atoms with van der Waals surface area (Å²) in [6, 6.07) is 8.73. The van der Waals surface area contributed by atoms with Crippen LogP contribution >= 0.6 is 0 Å². The third kappa shape index (κ3) is 4.63. The van der Waals surface area contributed by atoms with E-state index in [-0.39, 0.29) is 6.10 Å². The van der Waals surface area contributed by atoms with E-state index in [2.05, 4.69) is 31.2 Å². The second-order valence-corrected chi connectivity index (χ2v) is 6.40. The summed E-state index contributed by atoms with van der Waals surface area (Å²) in [6.45, 7) is 2.25. The van der Waals surface area contributed by atoms with Gasteiger partial charge in [-0.3, -0.25) is 0 Å². The number of hydrogen-bond acceptors (Lipinski definition) is 1. The number of aliphatic hydroxyl groups excluding tert-OH is 1. The molecule has 1 N–H and O–H groups in total. The Balaban J connectivity index is 1.68. The van der Waals surface area contributed by atoms with Crippen LogP contribution in [0.2, 0.25) is 0 Å². The number of aryl methyl sites for hydroxylation is 1. The zero-order valence-corrected chi connectivity index (χ0v) is 13.0. The van der Waals surface area contributed by atoms with Crippen molar-refractivity contribution >= 4 is 0 Å². The lowest BCUT2D eigenvalue weighted by atomic mass is 9.80. The summed E-state index contributed by atoms with van der Waals surface area (Å²) in [5.74, 6) is 0.487. The molecule has 0 aromatic heterocycles. The molecule has 0 radical (unpaired) electrons. The molecule has 1 aliphatic carbocycles. The lowest BCUT2D eigenvalue weighted by molar-refractivity contribution is 0.0880. The third-order valence-electron chi connectivity index (χ3n) is 4.78. The van der Waals surface area contributed by atoms with E-state index >= 15 is 0 Å². The van der Waals surface area contributed by atoms with E-state index < -0.39 is 0 Å². The summed E-state index contributed by atoms with van der Waals surface area (Å²) in [4.78, 5) is 0. The predicted octanol–water partition coefficient (Wildman–Crippen LogP) is 4.90. The van der Waals surface area contributed by atoms with Crippen molar-refractivity contribution in [2.24, 2.45) is 5.92 Å². The van der Waals surface area contributed by atoms with Crippen LogP contribution in [0.25, 0.3) is 0 Å². The van der Waals surface area contributed by atoms with Gasteiger partial charge in [0.2, 0.25) is 0 Å². The van der Waals surface area contributed by atoms with Crippen LogP contribution in [0.4, 0.5) is 0 Å². The van der Waals surface area contributed by atoms with Crippen LogP contribution in [0.1, 0.15) is 69.4 Å². The van der Waals surface area contributed by atoms with Crippen molar-refractivity contribution in [3.05, 3.63) is 35.4 Å². The van der Waals surface area contributed by atoms with Gasteiger partial charge < -0.3 is 5.11 Å². The Labute approximate surface area is 124 Å². The molecule has 1 aliphatic rings. The average Bonchev–Trinajstić information content (AvgIpc) is 2.50. The first-order valence-corrected chi connectivity index (χ1v) is 8.56. The molecule has 1 heteroatoms. The number of unbranched alkanes of at least 4 members (excludes halogenated alkanes) is 5. The summed E-state index contributed by atoms with van der Waals surface area (Å²) < 4.78 is 0. The average molecular weight is 274 g/mol. The van der Waals surface area contributed by atoms with E-state index in [1.54, 1.807) is 0 Å². The summed E-state index contributed by atoms with van der Waals surface area (Å²) >= 11 is 0. The van der Waals surface area contributed by atoms with Crippen LogP contribution in [0.5, 0.6) is 0 Å². The SMILES string of the molecule is CCCCCCCCC(O)C1CCc2ccccc2C1. The Morgan fingerprint density at radius 1 is 1.05 bits per heavy atom. The highest BCUT2D eigenvalue weighted by molar-refractivity contribution is 5.29. The second-order valence-electron chi connectivity index (χ2n) is 6.40. The Hall–Kier alpha value is -0.820. The van der Waals surface area contributed by atoms with Crippen molar-refractivity contribution in [2.45, 2.75) is 77.2 Å². The number of benzene rings is 1. The molecule has 20 heavy (non-hydrogen) atoms. The molecule has 2 atom stereocenters. The standard InChI is InChI=1S/C19H30O/c1-2-3-4-5-6-7-12-19(20)18-14-13-16-10-8-9-11-17(16)15-18/h8-11,18-20H,2-7,12-15H2,1H3. The van der Waals surface area contributed by atoms with E-state index in [0.29, 0.717) is 5.92 Å². The fraction of sp³-hybridized carbons (Fsp3) is 0.684. The molecule has 0 bridgehead atoms. The predicted molar refractivity (Wildman–Crippen MR) is 86.0 cm³/mol. The van der Waals surface area contributed by atoms with Crippen molar-refractivity contribution in [1.29, 1.82) is 0 Å². The minimum Gasteiger partial charge on any atom is -0.393 e. The van der Waals surface area contributed by atoms with Crippen molar-refractivity contribution in [1.82, 2.24) is 0 Å². The van der Waals surface area contributed by atoms with Gasteiger partial charge in [-0.2, -0.15) is 0 Å². The van der Waals surface area contributed by atoms with Crippen LogP contribution < -0.4 is 0 Å². The first-order chi connectivity index (χ1) is 9.81. The maximum Gasteiger partial charge on any atom is 0.0571 e. The largest absolute Gasteiger partial charge is 0.393 e.